The Hall–Kier alpha value is -0.610. The van der Waals surface area contributed by atoms with Crippen LogP contribution in [0.5, 0.6) is 0 Å². The normalized spacial score (nSPS) is 12.7. The Bertz CT molecular complexity index is 201. The van der Waals surface area contributed by atoms with Crippen LogP contribution in [0.1, 0.15) is 52.9 Å². The van der Waals surface area contributed by atoms with Gasteiger partial charge in [-0.15, -0.1) is 0 Å². The van der Waals surface area contributed by atoms with Gasteiger partial charge >= 0.3 is 0 Å². The Morgan fingerprint density at radius 1 is 1.17 bits per heavy atom. The molecule has 0 aromatic carbocycles. The summed E-state index contributed by atoms with van der Waals surface area (Å²) in [4.78, 5) is 14.1. The van der Waals surface area contributed by atoms with Crippen molar-refractivity contribution >= 4 is 5.91 Å². The summed E-state index contributed by atoms with van der Waals surface area (Å²) in [7, 11) is 0. The molecule has 1 unspecified atom stereocenters. The molecule has 1 amide bonds. The van der Waals surface area contributed by atoms with Gasteiger partial charge in [-0.1, -0.05) is 26.7 Å². The van der Waals surface area contributed by atoms with Gasteiger partial charge < -0.3 is 11.1 Å². The van der Waals surface area contributed by atoms with Crippen LogP contribution >= 0.6 is 0 Å². The van der Waals surface area contributed by atoms with Crippen molar-refractivity contribution in [3.63, 3.8) is 0 Å². The average Bonchev–Trinajstić information content (AvgIpc) is 2.37. The van der Waals surface area contributed by atoms with Crippen LogP contribution in [-0.2, 0) is 4.79 Å². The molecule has 3 N–H and O–H groups in total. The second kappa shape index (κ2) is 11.5. The zero-order valence-electron chi connectivity index (χ0n) is 12.4. The van der Waals surface area contributed by atoms with Gasteiger partial charge in [-0.25, -0.2) is 0 Å². The van der Waals surface area contributed by atoms with Crippen LogP contribution in [0.3, 0.4) is 0 Å². The van der Waals surface area contributed by atoms with E-state index in [0.717, 1.165) is 13.1 Å². The zero-order valence-corrected chi connectivity index (χ0v) is 12.4. The smallest absolute Gasteiger partial charge is 0.221 e. The number of amides is 1. The highest BCUT2D eigenvalue weighted by molar-refractivity contribution is 5.76. The predicted molar refractivity (Wildman–Crippen MR) is 77.5 cm³/mol. The molecular formula is C14H31N3O. The molecule has 0 aliphatic heterocycles. The fourth-order valence-corrected chi connectivity index (χ4v) is 2.04. The minimum Gasteiger partial charge on any atom is -0.356 e. The summed E-state index contributed by atoms with van der Waals surface area (Å²) >= 11 is 0. The number of carbonyl (C=O) groups excluding carboxylic acids is 1. The van der Waals surface area contributed by atoms with E-state index in [4.69, 9.17) is 5.73 Å². The van der Waals surface area contributed by atoms with E-state index < -0.39 is 0 Å². The first-order valence-corrected chi connectivity index (χ1v) is 7.40. The molecule has 0 rings (SSSR count). The number of rotatable bonds is 11. The van der Waals surface area contributed by atoms with Crippen LogP contribution in [0, 0.1) is 0 Å². The summed E-state index contributed by atoms with van der Waals surface area (Å²) in [6.45, 7) is 9.69. The number of nitrogens with one attached hydrogen (secondary N) is 1. The van der Waals surface area contributed by atoms with Crippen molar-refractivity contribution in [3.05, 3.63) is 0 Å². The highest BCUT2D eigenvalue weighted by atomic mass is 16.1. The van der Waals surface area contributed by atoms with E-state index >= 15 is 0 Å². The standard InChI is InChI=1S/C14H31N3O/c1-4-7-9-17(10-8-5-2)13(12-15)11-14(18)16-6-3/h13H,4-12,15H2,1-3H3,(H,16,18). The summed E-state index contributed by atoms with van der Waals surface area (Å²) in [5.74, 6) is 0.117. The van der Waals surface area contributed by atoms with E-state index in [1.165, 1.54) is 25.7 Å². The van der Waals surface area contributed by atoms with Gasteiger partial charge in [0.25, 0.3) is 0 Å². The highest BCUT2D eigenvalue weighted by Crippen LogP contribution is 2.08. The second-order valence-corrected chi connectivity index (χ2v) is 4.79. The minimum atomic E-state index is 0.117. The maximum absolute atomic E-state index is 11.7. The van der Waals surface area contributed by atoms with E-state index in [0.29, 0.717) is 19.5 Å². The Balaban J connectivity index is 4.32. The molecule has 0 fully saturated rings. The monoisotopic (exact) mass is 257 g/mol. The Morgan fingerprint density at radius 3 is 2.11 bits per heavy atom. The van der Waals surface area contributed by atoms with Crippen molar-refractivity contribution in [1.29, 1.82) is 0 Å². The Labute approximate surface area is 112 Å². The SMILES string of the molecule is CCCCN(CCCC)C(CN)CC(=O)NCC. The van der Waals surface area contributed by atoms with Crippen molar-refractivity contribution in [2.75, 3.05) is 26.2 Å². The molecule has 0 bridgehead atoms. The number of nitrogens with two attached hydrogens (primary N) is 1. The quantitative estimate of drug-likeness (QED) is 0.593. The highest BCUT2D eigenvalue weighted by Gasteiger charge is 2.19. The van der Waals surface area contributed by atoms with Crippen molar-refractivity contribution < 1.29 is 4.79 Å². The summed E-state index contributed by atoms with van der Waals surface area (Å²) in [6, 6.07) is 0.189. The van der Waals surface area contributed by atoms with E-state index in [-0.39, 0.29) is 11.9 Å². The van der Waals surface area contributed by atoms with Gasteiger partial charge in [-0.05, 0) is 32.9 Å². The van der Waals surface area contributed by atoms with E-state index in [1.807, 2.05) is 6.92 Å². The second-order valence-electron chi connectivity index (χ2n) is 4.79. The molecule has 18 heavy (non-hydrogen) atoms. The predicted octanol–water partition coefficient (Wildman–Crippen LogP) is 1.74. The molecule has 4 heteroatoms. The Morgan fingerprint density at radius 2 is 1.72 bits per heavy atom. The number of nitrogens with zero attached hydrogens (tertiary/aromatic N) is 1. The molecule has 0 aromatic rings. The van der Waals surface area contributed by atoms with Crippen LogP contribution in [0.25, 0.3) is 0 Å². The first kappa shape index (κ1) is 17.4. The minimum absolute atomic E-state index is 0.117. The maximum atomic E-state index is 11.7. The van der Waals surface area contributed by atoms with Gasteiger partial charge in [0.15, 0.2) is 0 Å². The van der Waals surface area contributed by atoms with Crippen molar-refractivity contribution in [3.8, 4) is 0 Å². The molecule has 1 atom stereocenters. The molecule has 0 aliphatic carbocycles. The molecule has 0 aromatic heterocycles. The largest absolute Gasteiger partial charge is 0.356 e. The third-order valence-electron chi connectivity index (χ3n) is 3.18. The molecular weight excluding hydrogens is 226 g/mol. The van der Waals surface area contributed by atoms with Crippen LogP contribution in [0.4, 0.5) is 0 Å². The molecule has 0 saturated heterocycles. The van der Waals surface area contributed by atoms with Gasteiger partial charge in [-0.3, -0.25) is 9.69 Å². The molecule has 0 heterocycles. The molecule has 0 radical (unpaired) electrons. The topological polar surface area (TPSA) is 58.4 Å². The van der Waals surface area contributed by atoms with Crippen LogP contribution in [0.15, 0.2) is 0 Å². The van der Waals surface area contributed by atoms with Gasteiger partial charge in [0.2, 0.25) is 5.91 Å². The Kier molecular flexibility index (Phi) is 11.1. The fraction of sp³-hybridized carbons (Fsp3) is 0.929. The van der Waals surface area contributed by atoms with Crippen LogP contribution in [0.2, 0.25) is 0 Å². The van der Waals surface area contributed by atoms with Crippen molar-refractivity contribution in [2.24, 2.45) is 5.73 Å². The summed E-state index contributed by atoms with van der Waals surface area (Å²) in [5.41, 5.74) is 5.84. The van der Waals surface area contributed by atoms with Gasteiger partial charge in [0.1, 0.15) is 0 Å². The van der Waals surface area contributed by atoms with Crippen LogP contribution in [-0.4, -0.2) is 43.0 Å². The first-order chi connectivity index (χ1) is 8.69. The van der Waals surface area contributed by atoms with Gasteiger partial charge in [0, 0.05) is 25.6 Å². The van der Waals surface area contributed by atoms with Gasteiger partial charge in [0.05, 0.1) is 0 Å². The third-order valence-corrected chi connectivity index (χ3v) is 3.18. The lowest BCUT2D eigenvalue weighted by atomic mass is 10.1. The summed E-state index contributed by atoms with van der Waals surface area (Å²) in [5, 5.41) is 2.86. The average molecular weight is 257 g/mol. The maximum Gasteiger partial charge on any atom is 0.221 e. The number of hydrogen-bond donors (Lipinski definition) is 2. The number of unbranched alkanes of at least 4 members (excludes halogenated alkanes) is 2. The van der Waals surface area contributed by atoms with Crippen molar-refractivity contribution in [1.82, 2.24) is 10.2 Å². The van der Waals surface area contributed by atoms with Crippen molar-refractivity contribution in [2.45, 2.75) is 58.9 Å². The van der Waals surface area contributed by atoms with Gasteiger partial charge in [-0.2, -0.15) is 0 Å². The third kappa shape index (κ3) is 7.67. The lowest BCUT2D eigenvalue weighted by molar-refractivity contribution is -0.122. The van der Waals surface area contributed by atoms with Crippen LogP contribution < -0.4 is 11.1 Å². The lowest BCUT2D eigenvalue weighted by Crippen LogP contribution is -2.44. The number of carbonyl (C=O) groups is 1. The van der Waals surface area contributed by atoms with E-state index in [2.05, 4.69) is 24.1 Å². The fourth-order valence-electron chi connectivity index (χ4n) is 2.04. The molecule has 108 valence electrons. The summed E-state index contributed by atoms with van der Waals surface area (Å²) < 4.78 is 0. The lowest BCUT2D eigenvalue weighted by Gasteiger charge is -2.30. The van der Waals surface area contributed by atoms with E-state index in [1.54, 1.807) is 0 Å². The molecule has 0 saturated carbocycles. The van der Waals surface area contributed by atoms with E-state index in [9.17, 15) is 4.79 Å². The zero-order chi connectivity index (χ0) is 13.8. The molecule has 4 nitrogen and oxygen atoms in total. The first-order valence-electron chi connectivity index (χ1n) is 7.40. The molecule has 0 aliphatic rings. The summed E-state index contributed by atoms with van der Waals surface area (Å²) in [6.07, 6.45) is 5.24. The molecule has 0 spiro atoms. The number of hydrogen-bond acceptors (Lipinski definition) is 3.